The molecule has 0 spiro atoms. The monoisotopic (exact) mass is 814 g/mol. The van der Waals surface area contributed by atoms with Gasteiger partial charge in [-0.2, -0.15) is 35.9 Å². The molecule has 0 fully saturated rings. The Labute approximate surface area is 342 Å². The van der Waals surface area contributed by atoms with Gasteiger partial charge in [-0.25, -0.2) is 12.1 Å². The predicted molar refractivity (Wildman–Crippen MR) is 211 cm³/mol. The summed E-state index contributed by atoms with van der Waals surface area (Å²) in [5, 5.41) is 0.795. The number of hydrogen-bond acceptors (Lipinski definition) is 0. The molecule has 0 saturated carbocycles. The Morgan fingerprint density at radius 3 is 1.57 bits per heavy atom. The number of fused-ring (bicyclic) bond motifs is 3. The molecule has 6 rings (SSSR count). The van der Waals surface area contributed by atoms with Crippen LogP contribution in [0.4, 0.5) is 0 Å². The topological polar surface area (TPSA) is 0 Å². The van der Waals surface area contributed by atoms with Crippen LogP contribution in [-0.4, -0.2) is 3.21 Å². The standard InChI is InChI=1S/C29H41.C13H9Cl.C5H5.2ClH.Zr/c1-26(2,3)22-14-18-13-19-15-23(27(4,5)6)25(29(10,11)12)17-21(19)20(18)16-24(22)28(7,8)9;14-13-8-4-7-12(10-13)9-11-5-2-1-3-6-11;1-2-4-5-3-1;;;/h14,16-17H,13H2,1-12H3;1-8,10H;1-5H;2*1H;/q-1;;-1;;;+2/p-2. The minimum absolute atomic E-state index is 0. The van der Waals surface area contributed by atoms with Crippen molar-refractivity contribution < 1.29 is 49.0 Å². The summed E-state index contributed by atoms with van der Waals surface area (Å²) in [6.45, 7) is 28.0. The van der Waals surface area contributed by atoms with Gasteiger partial charge in [0.15, 0.2) is 0 Å². The van der Waals surface area contributed by atoms with E-state index in [2.05, 4.69) is 138 Å². The molecule has 0 N–H and O–H groups in total. The molecule has 0 aromatic heterocycles. The normalized spacial score (nSPS) is 12.1. The zero-order valence-corrected chi connectivity index (χ0v) is 37.4. The van der Waals surface area contributed by atoms with E-state index in [-0.39, 0.29) is 46.5 Å². The molecule has 4 heteroatoms. The van der Waals surface area contributed by atoms with Crippen molar-refractivity contribution in [2.45, 2.75) is 111 Å². The van der Waals surface area contributed by atoms with Crippen molar-refractivity contribution in [1.29, 1.82) is 0 Å². The van der Waals surface area contributed by atoms with Crippen LogP contribution in [0.5, 0.6) is 0 Å². The second kappa shape index (κ2) is 17.8. The Balaban J connectivity index is 0.000000340. The van der Waals surface area contributed by atoms with Crippen molar-refractivity contribution in [3.63, 3.8) is 0 Å². The van der Waals surface area contributed by atoms with Crippen molar-refractivity contribution in [2.75, 3.05) is 0 Å². The first-order chi connectivity index (χ1) is 22.7. The van der Waals surface area contributed by atoms with Crippen LogP contribution in [0.2, 0.25) is 5.02 Å². The van der Waals surface area contributed by atoms with E-state index in [0.717, 1.165) is 11.4 Å². The summed E-state index contributed by atoms with van der Waals surface area (Å²) in [6, 6.07) is 39.8. The van der Waals surface area contributed by atoms with Gasteiger partial charge in [0.2, 0.25) is 0 Å². The average molecular weight is 818 g/mol. The Bertz CT molecular complexity index is 1780. The van der Waals surface area contributed by atoms with Crippen LogP contribution < -0.4 is 24.8 Å². The van der Waals surface area contributed by atoms with Crippen LogP contribution in [0, 0.1) is 6.07 Å². The molecule has 0 aliphatic heterocycles. The SMILES string of the molecule is CC(C)(C)c1[c-]c2c(cc1C(C)(C)C)-c1cc(C(C)(C)C)c(C(C)(C)C)cc1C2.Clc1cccc([C](=[Zr+2])c2ccccc2)c1.[Cl-].[Cl-].c1cc[cH-]c1. The van der Waals surface area contributed by atoms with E-state index in [0.29, 0.717) is 0 Å². The van der Waals surface area contributed by atoms with Gasteiger partial charge < -0.3 is 24.8 Å². The van der Waals surface area contributed by atoms with Crippen molar-refractivity contribution in [1.82, 2.24) is 0 Å². The Hall–Kier alpha value is -2.15. The molecule has 0 amide bonds. The van der Waals surface area contributed by atoms with Crippen molar-refractivity contribution in [3.8, 4) is 11.1 Å². The van der Waals surface area contributed by atoms with Crippen LogP contribution >= 0.6 is 11.6 Å². The molecule has 0 unspecified atom stereocenters. The van der Waals surface area contributed by atoms with Crippen LogP contribution in [0.15, 0.2) is 103 Å². The Kier molecular flexibility index (Phi) is 15.7. The molecule has 0 atom stereocenters. The first-order valence-corrected chi connectivity index (χ1v) is 19.1. The minimum Gasteiger partial charge on any atom is -1.00 e. The molecule has 51 heavy (non-hydrogen) atoms. The third kappa shape index (κ3) is 11.7. The third-order valence-corrected chi connectivity index (χ3v) is 10.6. The number of halogens is 3. The van der Waals surface area contributed by atoms with E-state index < -0.39 is 0 Å². The van der Waals surface area contributed by atoms with E-state index >= 15 is 0 Å². The summed E-state index contributed by atoms with van der Waals surface area (Å²) in [5.41, 5.74) is 14.4. The largest absolute Gasteiger partial charge is 1.00 e. The summed E-state index contributed by atoms with van der Waals surface area (Å²) in [5.74, 6) is 0. The van der Waals surface area contributed by atoms with Gasteiger partial charge in [0.25, 0.3) is 0 Å². The fraction of sp³-hybridized carbons (Fsp3) is 0.362. The van der Waals surface area contributed by atoms with Crippen molar-refractivity contribution in [3.05, 3.63) is 159 Å². The summed E-state index contributed by atoms with van der Waals surface area (Å²) < 4.78 is 1.34. The van der Waals surface area contributed by atoms with E-state index in [1.54, 1.807) is 0 Å². The molecular weight excluding hydrogens is 762 g/mol. The predicted octanol–water partition coefficient (Wildman–Crippen LogP) is 7.12. The van der Waals surface area contributed by atoms with Crippen molar-refractivity contribution in [2.24, 2.45) is 0 Å². The van der Waals surface area contributed by atoms with Gasteiger partial charge in [-0.3, -0.25) is 0 Å². The van der Waals surface area contributed by atoms with Gasteiger partial charge in [-0.05, 0) is 39.4 Å². The smallest absolute Gasteiger partial charge is 0.172 e. The van der Waals surface area contributed by atoms with Crippen LogP contribution in [0.3, 0.4) is 0 Å². The molecule has 0 nitrogen and oxygen atoms in total. The molecular formula is C47H55Cl3Zr-2. The van der Waals surface area contributed by atoms with Gasteiger partial charge in [0.1, 0.15) is 0 Å². The number of benzene rings is 4. The maximum absolute atomic E-state index is 5.97. The van der Waals surface area contributed by atoms with Crippen LogP contribution in [-0.2, 0) is 52.3 Å². The quantitative estimate of drug-likeness (QED) is 0.164. The molecule has 0 bridgehead atoms. The van der Waals surface area contributed by atoms with E-state index in [1.165, 1.54) is 83.1 Å². The maximum atomic E-state index is 5.97. The van der Waals surface area contributed by atoms with E-state index in [4.69, 9.17) is 11.6 Å². The molecule has 1 aliphatic rings. The first kappa shape index (κ1) is 45.0. The zero-order valence-electron chi connectivity index (χ0n) is 32.7. The Morgan fingerprint density at radius 2 is 1.10 bits per heavy atom. The second-order valence-electron chi connectivity index (χ2n) is 17.4. The Morgan fingerprint density at radius 1 is 0.588 bits per heavy atom. The summed E-state index contributed by atoms with van der Waals surface area (Å²) >= 11 is 7.38. The number of rotatable bonds is 2. The third-order valence-electron chi connectivity index (χ3n) is 8.97. The fourth-order valence-corrected chi connectivity index (χ4v) is 7.34. The molecule has 0 heterocycles. The average Bonchev–Trinajstić information content (AvgIpc) is 3.70. The molecule has 0 saturated heterocycles. The minimum atomic E-state index is 0. The number of hydrogen-bond donors (Lipinski definition) is 0. The maximum Gasteiger partial charge on any atom is -0.172 e. The summed E-state index contributed by atoms with van der Waals surface area (Å²) in [4.78, 5) is 0. The zero-order chi connectivity index (χ0) is 36.4. The van der Waals surface area contributed by atoms with Gasteiger partial charge in [0, 0.05) is 0 Å². The second-order valence-corrected chi connectivity index (χ2v) is 19.1. The van der Waals surface area contributed by atoms with E-state index in [9.17, 15) is 0 Å². The summed E-state index contributed by atoms with van der Waals surface area (Å²) in [6.07, 6.45) is 1.01. The molecule has 1 aliphatic carbocycles. The van der Waals surface area contributed by atoms with Gasteiger partial charge in [0.05, 0.1) is 0 Å². The first-order valence-electron chi connectivity index (χ1n) is 17.5. The van der Waals surface area contributed by atoms with Crippen LogP contribution in [0.1, 0.15) is 128 Å². The molecule has 5 aromatic carbocycles. The van der Waals surface area contributed by atoms with Crippen molar-refractivity contribution >= 4 is 14.8 Å². The van der Waals surface area contributed by atoms with Crippen LogP contribution in [0.25, 0.3) is 11.1 Å². The van der Waals surface area contributed by atoms with E-state index in [1.807, 2.05) is 54.6 Å². The van der Waals surface area contributed by atoms with Gasteiger partial charge >= 0.3 is 110 Å². The van der Waals surface area contributed by atoms with Gasteiger partial charge in [-0.1, -0.05) is 106 Å². The summed E-state index contributed by atoms with van der Waals surface area (Å²) in [7, 11) is 0. The molecule has 5 aromatic rings. The molecule has 0 radical (unpaired) electrons. The fourth-order valence-electron chi connectivity index (χ4n) is 6.36. The molecule has 270 valence electrons. The van der Waals surface area contributed by atoms with Gasteiger partial charge in [-0.15, -0.1) is 16.7 Å².